The van der Waals surface area contributed by atoms with Crippen molar-refractivity contribution < 1.29 is 17.6 Å². The van der Waals surface area contributed by atoms with Crippen molar-refractivity contribution in [3.05, 3.63) is 48.3 Å². The molecule has 0 atom stereocenters. The molecule has 7 heteroatoms. The number of fused-ring (bicyclic) bond motifs is 3. The smallest absolute Gasteiger partial charge is 0.265 e. The number of likely N-dealkylation sites (tertiary alicyclic amines) is 1. The van der Waals surface area contributed by atoms with Crippen molar-refractivity contribution in [1.29, 1.82) is 0 Å². The van der Waals surface area contributed by atoms with Gasteiger partial charge in [-0.05, 0) is 42.5 Å². The van der Waals surface area contributed by atoms with Gasteiger partial charge in [-0.25, -0.2) is 12.8 Å². The lowest BCUT2D eigenvalue weighted by atomic mass is 9.84. The highest BCUT2D eigenvalue weighted by Gasteiger charge is 2.38. The highest BCUT2D eigenvalue weighted by atomic mass is 32.2. The van der Waals surface area contributed by atoms with Crippen LogP contribution in [0, 0.1) is 11.2 Å². The minimum absolute atomic E-state index is 0.0162. The molecule has 1 amide bonds. The highest BCUT2D eigenvalue weighted by Crippen LogP contribution is 2.43. The quantitative estimate of drug-likeness (QED) is 0.771. The number of amides is 1. The number of hydrogen-bond donors (Lipinski definition) is 0. The Hall–Kier alpha value is -2.41. The van der Waals surface area contributed by atoms with Crippen LogP contribution in [-0.2, 0) is 14.8 Å². The van der Waals surface area contributed by atoms with E-state index in [0.29, 0.717) is 29.9 Å². The Bertz CT molecular complexity index is 1050. The molecule has 2 heterocycles. The van der Waals surface area contributed by atoms with Crippen molar-refractivity contribution in [2.45, 2.75) is 31.6 Å². The second-order valence-electron chi connectivity index (χ2n) is 8.25. The number of rotatable bonds is 2. The summed E-state index contributed by atoms with van der Waals surface area (Å²) in [6.07, 6.45) is 1.93. The molecule has 5 nitrogen and oxygen atoms in total. The van der Waals surface area contributed by atoms with Gasteiger partial charge in [0.2, 0.25) is 5.91 Å². The summed E-state index contributed by atoms with van der Waals surface area (Å²) in [5, 5.41) is 0. The number of nitrogens with zero attached hydrogens (tertiary/aromatic N) is 2. The van der Waals surface area contributed by atoms with Gasteiger partial charge in [0.05, 0.1) is 10.6 Å². The van der Waals surface area contributed by atoms with E-state index >= 15 is 0 Å². The molecule has 0 aromatic heterocycles. The number of piperidine rings is 1. The van der Waals surface area contributed by atoms with E-state index in [1.165, 1.54) is 24.3 Å². The van der Waals surface area contributed by atoms with Crippen LogP contribution in [0.15, 0.2) is 47.4 Å². The summed E-state index contributed by atoms with van der Waals surface area (Å²) in [4.78, 5) is 14.8. The number of anilines is 1. The van der Waals surface area contributed by atoms with Crippen molar-refractivity contribution in [2.75, 3.05) is 23.9 Å². The van der Waals surface area contributed by atoms with Crippen molar-refractivity contribution >= 4 is 21.6 Å². The van der Waals surface area contributed by atoms with Crippen LogP contribution in [0.2, 0.25) is 0 Å². The molecule has 0 N–H and O–H groups in total. The molecule has 0 bridgehead atoms. The van der Waals surface area contributed by atoms with Gasteiger partial charge >= 0.3 is 0 Å². The molecule has 2 aromatic carbocycles. The van der Waals surface area contributed by atoms with Gasteiger partial charge in [0.15, 0.2) is 0 Å². The average molecular weight is 402 g/mol. The lowest BCUT2D eigenvalue weighted by Crippen LogP contribution is -2.49. The van der Waals surface area contributed by atoms with Gasteiger partial charge in [0, 0.05) is 24.2 Å². The molecule has 0 radical (unpaired) electrons. The first-order chi connectivity index (χ1) is 13.2. The molecule has 0 saturated carbocycles. The monoisotopic (exact) mass is 402 g/mol. The Morgan fingerprint density at radius 2 is 1.89 bits per heavy atom. The van der Waals surface area contributed by atoms with Crippen molar-refractivity contribution in [3.8, 4) is 11.1 Å². The fourth-order valence-corrected chi connectivity index (χ4v) is 5.78. The van der Waals surface area contributed by atoms with E-state index in [-0.39, 0.29) is 22.8 Å². The third-order valence-electron chi connectivity index (χ3n) is 5.50. The highest BCUT2D eigenvalue weighted by molar-refractivity contribution is 7.93. The van der Waals surface area contributed by atoms with Gasteiger partial charge in [-0.15, -0.1) is 0 Å². The zero-order valence-electron chi connectivity index (χ0n) is 16.0. The fourth-order valence-electron chi connectivity index (χ4n) is 4.13. The van der Waals surface area contributed by atoms with Crippen LogP contribution in [-0.4, -0.2) is 38.9 Å². The number of hydrogen-bond acceptors (Lipinski definition) is 3. The van der Waals surface area contributed by atoms with Crippen LogP contribution in [0.3, 0.4) is 0 Å². The second-order valence-corrected chi connectivity index (χ2v) is 10.1. The van der Waals surface area contributed by atoms with Gasteiger partial charge in [0.1, 0.15) is 12.4 Å². The van der Waals surface area contributed by atoms with Crippen LogP contribution < -0.4 is 4.31 Å². The maximum absolute atomic E-state index is 13.9. The fraction of sp³-hybridized carbons (Fsp3) is 0.381. The van der Waals surface area contributed by atoms with E-state index in [4.69, 9.17) is 0 Å². The molecular weight excluding hydrogens is 379 g/mol. The summed E-state index contributed by atoms with van der Waals surface area (Å²) in [5.41, 5.74) is 1.30. The molecule has 0 aliphatic carbocycles. The minimum atomic E-state index is -3.91. The topological polar surface area (TPSA) is 57.7 Å². The van der Waals surface area contributed by atoms with Gasteiger partial charge in [-0.2, -0.15) is 0 Å². The molecule has 0 spiro atoms. The van der Waals surface area contributed by atoms with Crippen LogP contribution in [0.4, 0.5) is 10.1 Å². The average Bonchev–Trinajstić information content (AvgIpc) is 2.64. The van der Waals surface area contributed by atoms with E-state index < -0.39 is 15.8 Å². The first kappa shape index (κ1) is 18.9. The van der Waals surface area contributed by atoms with Gasteiger partial charge in [-0.3, -0.25) is 9.10 Å². The predicted molar refractivity (Wildman–Crippen MR) is 106 cm³/mol. The third kappa shape index (κ3) is 3.17. The van der Waals surface area contributed by atoms with E-state index in [9.17, 15) is 17.6 Å². The summed E-state index contributed by atoms with van der Waals surface area (Å²) >= 11 is 0. The van der Waals surface area contributed by atoms with Crippen LogP contribution in [0.5, 0.6) is 0 Å². The summed E-state index contributed by atoms with van der Waals surface area (Å²) in [7, 11) is -3.91. The van der Waals surface area contributed by atoms with Crippen molar-refractivity contribution in [1.82, 2.24) is 4.90 Å². The maximum atomic E-state index is 13.9. The Kier molecular flexibility index (Phi) is 4.45. The Labute approximate surface area is 164 Å². The summed E-state index contributed by atoms with van der Waals surface area (Å²) < 4.78 is 41.5. The molecule has 2 aliphatic heterocycles. The molecule has 0 unspecified atom stereocenters. The van der Waals surface area contributed by atoms with Gasteiger partial charge in [-0.1, -0.05) is 32.0 Å². The molecule has 4 rings (SSSR count). The summed E-state index contributed by atoms with van der Waals surface area (Å²) in [6, 6.07) is 10.5. The van der Waals surface area contributed by atoms with Crippen LogP contribution in [0.25, 0.3) is 11.1 Å². The summed E-state index contributed by atoms with van der Waals surface area (Å²) in [5.74, 6) is -0.678. The lowest BCUT2D eigenvalue weighted by Gasteiger charge is -2.39. The number of sulfonamides is 1. The van der Waals surface area contributed by atoms with E-state index in [1.54, 1.807) is 23.1 Å². The first-order valence-electron chi connectivity index (χ1n) is 9.39. The molecule has 28 heavy (non-hydrogen) atoms. The number of benzene rings is 2. The number of halogens is 1. The molecule has 1 fully saturated rings. The van der Waals surface area contributed by atoms with Gasteiger partial charge in [0.25, 0.3) is 10.0 Å². The predicted octanol–water partition coefficient (Wildman–Crippen LogP) is 3.65. The van der Waals surface area contributed by atoms with E-state index in [2.05, 4.69) is 13.8 Å². The summed E-state index contributed by atoms with van der Waals surface area (Å²) in [6.45, 7) is 5.16. The standard InChI is InChI=1S/C21H23FN2O3S/c1-21(2)10-5-11-23(14-21)20(25)13-24-18-9-8-15(22)12-17(18)16-6-3-4-7-19(16)28(24,26)27/h3-4,6-9,12H,5,10-11,13-14H2,1-2H3. The molecule has 148 valence electrons. The van der Waals surface area contributed by atoms with E-state index in [0.717, 1.165) is 17.1 Å². The van der Waals surface area contributed by atoms with Crippen LogP contribution >= 0.6 is 0 Å². The van der Waals surface area contributed by atoms with Gasteiger partial charge < -0.3 is 4.90 Å². The molecule has 1 saturated heterocycles. The SMILES string of the molecule is CC1(C)CCCN(C(=O)CN2c3ccc(F)cc3-c3ccccc3S2(=O)=O)C1. The largest absolute Gasteiger partial charge is 0.341 e. The normalized spacial score (nSPS) is 19.7. The lowest BCUT2D eigenvalue weighted by molar-refractivity contribution is -0.132. The first-order valence-corrected chi connectivity index (χ1v) is 10.8. The van der Waals surface area contributed by atoms with Crippen LogP contribution in [0.1, 0.15) is 26.7 Å². The zero-order chi connectivity index (χ0) is 20.1. The van der Waals surface area contributed by atoms with Crippen molar-refractivity contribution in [3.63, 3.8) is 0 Å². The molecular formula is C21H23FN2O3S. The van der Waals surface area contributed by atoms with E-state index in [1.807, 2.05) is 0 Å². The Morgan fingerprint density at radius 3 is 2.64 bits per heavy atom. The maximum Gasteiger partial charge on any atom is 0.265 e. The molecule has 2 aliphatic rings. The second kappa shape index (κ2) is 6.58. The molecule has 2 aromatic rings. The number of carbonyl (C=O) groups is 1. The zero-order valence-corrected chi connectivity index (χ0v) is 16.8. The van der Waals surface area contributed by atoms with Crippen molar-refractivity contribution in [2.24, 2.45) is 5.41 Å². The number of carbonyl (C=O) groups excluding carboxylic acids is 1. The third-order valence-corrected chi connectivity index (χ3v) is 7.32. The Balaban J connectivity index is 1.74. The minimum Gasteiger partial charge on any atom is -0.341 e. The Morgan fingerprint density at radius 1 is 1.14 bits per heavy atom.